The van der Waals surface area contributed by atoms with Gasteiger partial charge in [-0.3, -0.25) is 29.3 Å². The minimum absolute atomic E-state index is 0.0464. The minimum Gasteiger partial charge on any atom is -0.272 e. The molecule has 1 aliphatic rings. The first kappa shape index (κ1) is 16.6. The molecule has 27 heavy (non-hydrogen) atoms. The van der Waals surface area contributed by atoms with Crippen LogP contribution in [0, 0.1) is 10.1 Å². The Hall–Kier alpha value is -3.88. The molecule has 0 radical (unpaired) electrons. The zero-order valence-corrected chi connectivity index (χ0v) is 14.0. The number of nitrogens with zero attached hydrogens (tertiary/aromatic N) is 5. The van der Waals surface area contributed by atoms with Gasteiger partial charge in [0.05, 0.1) is 22.6 Å². The van der Waals surface area contributed by atoms with Gasteiger partial charge in [-0.1, -0.05) is 24.3 Å². The lowest BCUT2D eigenvalue weighted by Crippen LogP contribution is -2.33. The van der Waals surface area contributed by atoms with Crippen molar-refractivity contribution in [1.82, 2.24) is 19.7 Å². The first-order valence-electron chi connectivity index (χ1n) is 8.14. The molecule has 4 rings (SSSR count). The van der Waals surface area contributed by atoms with E-state index in [1.807, 2.05) is 0 Å². The maximum Gasteiger partial charge on any atom is 0.270 e. The molecule has 0 saturated carbocycles. The normalized spacial score (nSPS) is 13.1. The second-order valence-corrected chi connectivity index (χ2v) is 5.95. The van der Waals surface area contributed by atoms with E-state index in [0.717, 1.165) is 0 Å². The first-order valence-corrected chi connectivity index (χ1v) is 8.14. The number of carbonyl (C=O) groups is 2. The number of hydrogen-bond acceptors (Lipinski definition) is 6. The molecule has 1 aromatic heterocycles. The summed E-state index contributed by atoms with van der Waals surface area (Å²) in [6.45, 7) is 0.428. The number of imide groups is 1. The molecule has 0 atom stereocenters. The van der Waals surface area contributed by atoms with Crippen molar-refractivity contribution in [1.29, 1.82) is 0 Å². The van der Waals surface area contributed by atoms with Crippen molar-refractivity contribution in [2.24, 2.45) is 0 Å². The summed E-state index contributed by atoms with van der Waals surface area (Å²) in [5.41, 5.74) is 1.27. The zero-order chi connectivity index (χ0) is 19.0. The Labute approximate surface area is 153 Å². The fourth-order valence-electron chi connectivity index (χ4n) is 2.94. The van der Waals surface area contributed by atoms with Gasteiger partial charge in [0.15, 0.2) is 5.82 Å². The van der Waals surface area contributed by atoms with Gasteiger partial charge in [-0.25, -0.2) is 4.98 Å². The van der Waals surface area contributed by atoms with E-state index in [0.29, 0.717) is 22.5 Å². The van der Waals surface area contributed by atoms with E-state index >= 15 is 0 Å². The lowest BCUT2D eigenvalue weighted by molar-refractivity contribution is -0.384. The van der Waals surface area contributed by atoms with Crippen LogP contribution < -0.4 is 0 Å². The summed E-state index contributed by atoms with van der Waals surface area (Å²) >= 11 is 0. The van der Waals surface area contributed by atoms with Gasteiger partial charge < -0.3 is 0 Å². The number of carbonyl (C=O) groups excluding carboxylic acids is 2. The molecule has 134 valence electrons. The number of rotatable bonds is 5. The maximum absolute atomic E-state index is 12.4. The highest BCUT2D eigenvalue weighted by molar-refractivity contribution is 6.21. The van der Waals surface area contributed by atoms with Crippen molar-refractivity contribution in [2.45, 2.75) is 6.54 Å². The van der Waals surface area contributed by atoms with Gasteiger partial charge in [0.25, 0.3) is 17.5 Å². The molecule has 9 heteroatoms. The molecule has 0 fully saturated rings. The molecule has 2 heterocycles. The number of aromatic nitrogens is 3. The van der Waals surface area contributed by atoms with Crippen LogP contribution in [0.2, 0.25) is 0 Å². The third-order valence-electron chi connectivity index (χ3n) is 4.28. The van der Waals surface area contributed by atoms with Gasteiger partial charge in [-0.2, -0.15) is 5.10 Å². The van der Waals surface area contributed by atoms with E-state index in [9.17, 15) is 19.7 Å². The largest absolute Gasteiger partial charge is 0.272 e. The molecule has 3 aromatic rings. The Kier molecular flexibility index (Phi) is 3.96. The van der Waals surface area contributed by atoms with Crippen LogP contribution >= 0.6 is 0 Å². The second-order valence-electron chi connectivity index (χ2n) is 5.95. The number of amides is 2. The minimum atomic E-state index is -0.483. The topological polar surface area (TPSA) is 111 Å². The first-order chi connectivity index (χ1) is 13.0. The van der Waals surface area contributed by atoms with Crippen LogP contribution in [0.25, 0.3) is 11.4 Å². The fraction of sp³-hybridized carbons (Fsp3) is 0.111. The van der Waals surface area contributed by atoms with Crippen LogP contribution in [0.3, 0.4) is 0 Å². The van der Waals surface area contributed by atoms with Crippen LogP contribution in [0.15, 0.2) is 54.9 Å². The van der Waals surface area contributed by atoms with Gasteiger partial charge in [-0.05, 0) is 12.1 Å². The molecule has 0 N–H and O–H groups in total. The number of hydrogen-bond donors (Lipinski definition) is 0. The molecule has 0 unspecified atom stereocenters. The van der Waals surface area contributed by atoms with Crippen molar-refractivity contribution in [3.8, 4) is 11.4 Å². The Morgan fingerprint density at radius 1 is 0.963 bits per heavy atom. The van der Waals surface area contributed by atoms with Crippen molar-refractivity contribution >= 4 is 17.5 Å². The summed E-state index contributed by atoms with van der Waals surface area (Å²) in [5.74, 6) is -0.315. The molecule has 0 spiro atoms. The van der Waals surface area contributed by atoms with E-state index in [2.05, 4.69) is 10.1 Å². The Morgan fingerprint density at radius 3 is 2.33 bits per heavy atom. The predicted molar refractivity (Wildman–Crippen MR) is 93.9 cm³/mol. The van der Waals surface area contributed by atoms with Crippen molar-refractivity contribution in [2.75, 3.05) is 6.54 Å². The monoisotopic (exact) mass is 363 g/mol. The molecular formula is C18H13N5O4. The number of non-ortho nitro benzene ring substituents is 1. The quantitative estimate of drug-likeness (QED) is 0.390. The lowest BCUT2D eigenvalue weighted by atomic mass is 10.1. The SMILES string of the molecule is O=C1c2ccccc2C(=O)N1CCn1cnc(-c2cccc([N+](=O)[O-])c2)n1. The Balaban J connectivity index is 1.48. The predicted octanol–water partition coefficient (Wildman–Crippen LogP) is 2.15. The van der Waals surface area contributed by atoms with Crippen molar-refractivity contribution in [3.63, 3.8) is 0 Å². The molecule has 0 aliphatic carbocycles. The highest BCUT2D eigenvalue weighted by Gasteiger charge is 2.34. The third-order valence-corrected chi connectivity index (χ3v) is 4.28. The maximum atomic E-state index is 12.4. The van der Waals surface area contributed by atoms with E-state index in [1.54, 1.807) is 36.4 Å². The summed E-state index contributed by atoms with van der Waals surface area (Å²) in [6, 6.07) is 12.7. The van der Waals surface area contributed by atoms with Gasteiger partial charge >= 0.3 is 0 Å². The fourth-order valence-corrected chi connectivity index (χ4v) is 2.94. The van der Waals surface area contributed by atoms with Crippen LogP contribution in [-0.4, -0.2) is 42.9 Å². The third kappa shape index (κ3) is 2.95. The summed E-state index contributed by atoms with van der Waals surface area (Å²) in [7, 11) is 0. The number of nitro benzene ring substituents is 1. The van der Waals surface area contributed by atoms with Crippen LogP contribution in [0.5, 0.6) is 0 Å². The molecule has 1 aliphatic heterocycles. The molecular weight excluding hydrogens is 350 g/mol. The van der Waals surface area contributed by atoms with Crippen LogP contribution in [0.4, 0.5) is 5.69 Å². The highest BCUT2D eigenvalue weighted by atomic mass is 16.6. The van der Waals surface area contributed by atoms with Gasteiger partial charge in [-0.15, -0.1) is 0 Å². The van der Waals surface area contributed by atoms with E-state index < -0.39 is 4.92 Å². The Morgan fingerprint density at radius 2 is 1.67 bits per heavy atom. The van der Waals surface area contributed by atoms with Crippen LogP contribution in [0.1, 0.15) is 20.7 Å². The molecule has 0 bridgehead atoms. The summed E-state index contributed by atoms with van der Waals surface area (Å²) < 4.78 is 1.50. The van der Waals surface area contributed by atoms with E-state index in [4.69, 9.17) is 0 Å². The second kappa shape index (κ2) is 6.45. The molecule has 9 nitrogen and oxygen atoms in total. The number of fused-ring (bicyclic) bond motifs is 1. The molecule has 2 amide bonds. The summed E-state index contributed by atoms with van der Waals surface area (Å²) in [4.78, 5) is 40.4. The smallest absolute Gasteiger partial charge is 0.270 e. The van der Waals surface area contributed by atoms with E-state index in [1.165, 1.54) is 28.0 Å². The van der Waals surface area contributed by atoms with Crippen LogP contribution in [-0.2, 0) is 6.54 Å². The average Bonchev–Trinajstić information content (AvgIpc) is 3.25. The average molecular weight is 363 g/mol. The van der Waals surface area contributed by atoms with Gasteiger partial charge in [0.2, 0.25) is 0 Å². The highest BCUT2D eigenvalue weighted by Crippen LogP contribution is 2.23. The van der Waals surface area contributed by atoms with Crippen molar-refractivity contribution < 1.29 is 14.5 Å². The standard InChI is InChI=1S/C18H13N5O4/c24-17-14-6-1-2-7-15(14)18(25)22(17)9-8-21-11-19-16(20-21)12-4-3-5-13(10-12)23(26)27/h1-7,10-11H,8-9H2. The number of benzene rings is 2. The van der Waals surface area contributed by atoms with Gasteiger partial charge in [0.1, 0.15) is 6.33 Å². The number of nitro groups is 1. The summed E-state index contributed by atoms with van der Waals surface area (Å²) in [5, 5.41) is 15.2. The Bertz CT molecular complexity index is 1040. The molecule has 2 aromatic carbocycles. The van der Waals surface area contributed by atoms with Gasteiger partial charge in [0, 0.05) is 24.2 Å². The van der Waals surface area contributed by atoms with E-state index in [-0.39, 0.29) is 30.6 Å². The summed E-state index contributed by atoms with van der Waals surface area (Å²) in [6.07, 6.45) is 1.46. The lowest BCUT2D eigenvalue weighted by Gasteiger charge is -2.13. The molecule has 0 saturated heterocycles. The van der Waals surface area contributed by atoms with Crippen molar-refractivity contribution in [3.05, 3.63) is 76.1 Å². The zero-order valence-electron chi connectivity index (χ0n) is 14.0.